The smallest absolute Gasteiger partial charge is 0.174 e. The molecule has 1 aliphatic rings. The first-order valence-electron chi connectivity index (χ1n) is 11.5. The van der Waals surface area contributed by atoms with Gasteiger partial charge in [-0.1, -0.05) is 31.9 Å². The molecule has 0 spiro atoms. The molecular weight excluding hydrogens is 420 g/mol. The summed E-state index contributed by atoms with van der Waals surface area (Å²) in [7, 11) is 0. The molecule has 0 amide bonds. The second-order valence-corrected chi connectivity index (χ2v) is 9.28. The molecule has 33 heavy (non-hydrogen) atoms. The standard InChI is InChI=1S/C27H34O6/c1-5-16(4)17(7-6-15(2)3)8-10-20-22(30)13-23(31)26-24(32)14-25(33-27(20)26)19-11-9-18(28)12-21(19)29/h6,9,11-13,16-17,25,28-31H,5,7-8,10,14H2,1-4H3/t16-,17+,25+/m0/s1. The first kappa shape index (κ1) is 24.5. The van der Waals surface area contributed by atoms with Gasteiger partial charge >= 0.3 is 0 Å². The number of rotatable bonds is 8. The highest BCUT2D eigenvalue weighted by atomic mass is 16.5. The first-order chi connectivity index (χ1) is 15.6. The van der Waals surface area contributed by atoms with Gasteiger partial charge in [0.15, 0.2) is 5.78 Å². The number of carbonyl (C=O) groups is 1. The fraction of sp³-hybridized carbons (Fsp3) is 0.444. The molecule has 3 rings (SSSR count). The van der Waals surface area contributed by atoms with Crippen LogP contribution in [0.15, 0.2) is 35.9 Å². The lowest BCUT2D eigenvalue weighted by atomic mass is 9.83. The van der Waals surface area contributed by atoms with Gasteiger partial charge in [0, 0.05) is 23.3 Å². The maximum Gasteiger partial charge on any atom is 0.174 e. The van der Waals surface area contributed by atoms with Crippen molar-refractivity contribution in [1.29, 1.82) is 0 Å². The molecule has 178 valence electrons. The van der Waals surface area contributed by atoms with Gasteiger partial charge in [0.05, 0.1) is 6.42 Å². The molecule has 0 aromatic heterocycles. The molecule has 2 aromatic carbocycles. The van der Waals surface area contributed by atoms with Gasteiger partial charge in [-0.3, -0.25) is 4.79 Å². The second kappa shape index (κ2) is 10.2. The number of phenols is 4. The maximum atomic E-state index is 12.9. The molecule has 3 atom stereocenters. The third-order valence-electron chi connectivity index (χ3n) is 6.65. The van der Waals surface area contributed by atoms with Crippen molar-refractivity contribution < 1.29 is 30.0 Å². The lowest BCUT2D eigenvalue weighted by Gasteiger charge is -2.29. The van der Waals surface area contributed by atoms with Crippen LogP contribution in [0.25, 0.3) is 0 Å². The van der Waals surface area contributed by atoms with E-state index in [4.69, 9.17) is 4.74 Å². The van der Waals surface area contributed by atoms with E-state index in [1.165, 1.54) is 29.8 Å². The molecule has 4 N–H and O–H groups in total. The second-order valence-electron chi connectivity index (χ2n) is 9.28. The van der Waals surface area contributed by atoms with Gasteiger partial charge in [-0.25, -0.2) is 0 Å². The Kier molecular flexibility index (Phi) is 7.57. The number of allylic oxidation sites excluding steroid dienone is 2. The molecule has 6 heteroatoms. The van der Waals surface area contributed by atoms with Gasteiger partial charge in [-0.15, -0.1) is 0 Å². The quantitative estimate of drug-likeness (QED) is 0.356. The van der Waals surface area contributed by atoms with Crippen LogP contribution in [-0.2, 0) is 6.42 Å². The average molecular weight is 455 g/mol. The van der Waals surface area contributed by atoms with Crippen LogP contribution >= 0.6 is 0 Å². The number of hydrogen-bond donors (Lipinski definition) is 4. The fourth-order valence-electron chi connectivity index (χ4n) is 4.43. The number of carbonyl (C=O) groups excluding carboxylic acids is 1. The van der Waals surface area contributed by atoms with E-state index in [1.54, 1.807) is 0 Å². The minimum atomic E-state index is -0.790. The summed E-state index contributed by atoms with van der Waals surface area (Å²) in [4.78, 5) is 12.9. The molecular formula is C27H34O6. The van der Waals surface area contributed by atoms with Gasteiger partial charge in [-0.2, -0.15) is 0 Å². The van der Waals surface area contributed by atoms with E-state index < -0.39 is 6.10 Å². The predicted molar refractivity (Wildman–Crippen MR) is 127 cm³/mol. The van der Waals surface area contributed by atoms with Crippen LogP contribution in [0.1, 0.15) is 81.0 Å². The summed E-state index contributed by atoms with van der Waals surface area (Å²) in [5, 5.41) is 40.9. The molecule has 1 heterocycles. The van der Waals surface area contributed by atoms with E-state index in [0.717, 1.165) is 19.3 Å². The van der Waals surface area contributed by atoms with E-state index in [1.807, 2.05) is 0 Å². The normalized spacial score (nSPS) is 17.1. The Morgan fingerprint density at radius 2 is 1.85 bits per heavy atom. The highest BCUT2D eigenvalue weighted by Gasteiger charge is 2.35. The largest absolute Gasteiger partial charge is 0.508 e. The Bertz CT molecular complexity index is 1050. The number of hydrogen-bond acceptors (Lipinski definition) is 6. The molecule has 2 aromatic rings. The minimum absolute atomic E-state index is 0.0703. The van der Waals surface area contributed by atoms with Crippen molar-refractivity contribution in [1.82, 2.24) is 0 Å². The monoisotopic (exact) mass is 454 g/mol. The zero-order valence-corrected chi connectivity index (χ0v) is 19.8. The van der Waals surface area contributed by atoms with Crippen LogP contribution in [0.2, 0.25) is 0 Å². The summed E-state index contributed by atoms with van der Waals surface area (Å²) >= 11 is 0. The van der Waals surface area contributed by atoms with Gasteiger partial charge in [0.25, 0.3) is 0 Å². The number of Topliss-reactive ketones (excluding diaryl/α,β-unsaturated/α-hetero) is 1. The summed E-state index contributed by atoms with van der Waals surface area (Å²) < 4.78 is 6.12. The molecule has 0 unspecified atom stereocenters. The summed E-state index contributed by atoms with van der Waals surface area (Å²) in [6, 6.07) is 5.33. The Morgan fingerprint density at radius 1 is 1.12 bits per heavy atom. The van der Waals surface area contributed by atoms with Crippen molar-refractivity contribution in [2.75, 3.05) is 0 Å². The van der Waals surface area contributed by atoms with Gasteiger partial charge in [-0.05, 0) is 57.1 Å². The van der Waals surface area contributed by atoms with Gasteiger partial charge in [0.2, 0.25) is 0 Å². The Labute approximate surface area is 195 Å². The zero-order chi connectivity index (χ0) is 24.3. The maximum absolute atomic E-state index is 12.9. The van der Waals surface area contributed by atoms with Crippen molar-refractivity contribution in [2.24, 2.45) is 11.8 Å². The van der Waals surface area contributed by atoms with Crippen LogP contribution in [0.5, 0.6) is 28.7 Å². The number of phenolic OH excluding ortho intramolecular Hbond substituents is 4. The molecule has 0 bridgehead atoms. The van der Waals surface area contributed by atoms with Crippen LogP contribution in [0.4, 0.5) is 0 Å². The summed E-state index contributed by atoms with van der Waals surface area (Å²) in [5.41, 5.74) is 2.19. The molecule has 0 radical (unpaired) electrons. The van der Waals surface area contributed by atoms with Crippen molar-refractivity contribution in [2.45, 2.75) is 65.9 Å². The molecule has 0 fully saturated rings. The summed E-state index contributed by atoms with van der Waals surface area (Å²) in [6.45, 7) is 8.54. The Morgan fingerprint density at radius 3 is 2.48 bits per heavy atom. The van der Waals surface area contributed by atoms with Crippen LogP contribution < -0.4 is 4.74 Å². The number of aromatic hydroxyl groups is 4. The fourth-order valence-corrected chi connectivity index (χ4v) is 4.43. The summed E-state index contributed by atoms with van der Waals surface area (Å²) in [6.07, 6.45) is 4.62. The highest BCUT2D eigenvalue weighted by molar-refractivity contribution is 6.03. The zero-order valence-electron chi connectivity index (χ0n) is 19.8. The van der Waals surface area contributed by atoms with E-state index in [9.17, 15) is 25.2 Å². The van der Waals surface area contributed by atoms with Crippen LogP contribution in [-0.4, -0.2) is 26.2 Å². The Hall–Kier alpha value is -3.15. The molecule has 0 saturated heterocycles. The van der Waals surface area contributed by atoms with Crippen molar-refractivity contribution in [3.63, 3.8) is 0 Å². The highest BCUT2D eigenvalue weighted by Crippen LogP contribution is 2.47. The first-order valence-corrected chi connectivity index (χ1v) is 11.5. The van der Waals surface area contributed by atoms with Gasteiger partial charge < -0.3 is 25.2 Å². The lowest BCUT2D eigenvalue weighted by Crippen LogP contribution is -2.22. The average Bonchev–Trinajstić information content (AvgIpc) is 2.74. The van der Waals surface area contributed by atoms with E-state index in [-0.39, 0.29) is 46.5 Å². The van der Waals surface area contributed by atoms with Crippen LogP contribution in [0.3, 0.4) is 0 Å². The third-order valence-corrected chi connectivity index (χ3v) is 6.65. The molecule has 0 saturated carbocycles. The van der Waals surface area contributed by atoms with E-state index in [0.29, 0.717) is 29.4 Å². The van der Waals surface area contributed by atoms with Crippen LogP contribution in [0, 0.1) is 11.8 Å². The number of ether oxygens (including phenoxy) is 1. The summed E-state index contributed by atoms with van der Waals surface area (Å²) in [5.74, 6) is 0.0297. The number of fused-ring (bicyclic) bond motifs is 1. The van der Waals surface area contributed by atoms with Crippen molar-refractivity contribution in [3.8, 4) is 28.7 Å². The Balaban J connectivity index is 1.95. The topological polar surface area (TPSA) is 107 Å². The lowest BCUT2D eigenvalue weighted by molar-refractivity contribution is 0.0839. The van der Waals surface area contributed by atoms with E-state index >= 15 is 0 Å². The molecule has 0 aliphatic carbocycles. The third kappa shape index (κ3) is 5.44. The number of ketones is 1. The minimum Gasteiger partial charge on any atom is -0.508 e. The molecule has 6 nitrogen and oxygen atoms in total. The van der Waals surface area contributed by atoms with E-state index in [2.05, 4.69) is 33.8 Å². The van der Waals surface area contributed by atoms with Crippen molar-refractivity contribution >= 4 is 5.78 Å². The number of benzene rings is 2. The van der Waals surface area contributed by atoms with Gasteiger partial charge in [0.1, 0.15) is 40.4 Å². The van der Waals surface area contributed by atoms with Crippen molar-refractivity contribution in [3.05, 3.63) is 52.6 Å². The molecule has 1 aliphatic heterocycles. The SMILES string of the molecule is CC[C@H](C)[C@H](CC=C(C)C)CCc1c(O)cc(O)c2c1O[C@@H](c1ccc(O)cc1O)CC2=O. The predicted octanol–water partition coefficient (Wildman–Crippen LogP) is 6.17.